The smallest absolute Gasteiger partial charge is 0.275 e. The Bertz CT molecular complexity index is 884. The Morgan fingerprint density at radius 1 is 1.12 bits per heavy atom. The summed E-state index contributed by atoms with van der Waals surface area (Å²) in [5.41, 5.74) is 0.402. The van der Waals surface area contributed by atoms with E-state index in [1.165, 1.54) is 47.8 Å². The minimum atomic E-state index is -3.58. The number of hydrogen-bond donors (Lipinski definition) is 1. The second kappa shape index (κ2) is 7.70. The number of anilines is 1. The molecule has 1 aromatic heterocycles. The molecule has 0 aliphatic carbocycles. The second-order valence-electron chi connectivity index (χ2n) is 5.56. The summed E-state index contributed by atoms with van der Waals surface area (Å²) in [4.78, 5) is 16.2. The summed E-state index contributed by atoms with van der Waals surface area (Å²) in [7, 11) is -2.06. The van der Waals surface area contributed by atoms with E-state index in [1.54, 1.807) is 13.8 Å². The lowest BCUT2D eigenvalue weighted by atomic mass is 10.3. The summed E-state index contributed by atoms with van der Waals surface area (Å²) in [5, 5.41) is 2.92. The van der Waals surface area contributed by atoms with E-state index >= 15 is 0 Å². The van der Waals surface area contributed by atoms with Gasteiger partial charge in [-0.1, -0.05) is 23.2 Å². The van der Waals surface area contributed by atoms with Gasteiger partial charge >= 0.3 is 0 Å². The van der Waals surface area contributed by atoms with Crippen LogP contribution in [0.1, 0.15) is 24.3 Å². The van der Waals surface area contributed by atoms with Crippen LogP contribution in [0.3, 0.4) is 0 Å². The highest BCUT2D eigenvalue weighted by Gasteiger charge is 2.23. The molecule has 2 rings (SSSR count). The fraction of sp³-hybridized carbons (Fsp3) is 0.250. The van der Waals surface area contributed by atoms with Crippen LogP contribution < -0.4 is 5.32 Å². The van der Waals surface area contributed by atoms with Gasteiger partial charge in [0.1, 0.15) is 10.8 Å². The third kappa shape index (κ3) is 4.49. The maximum Gasteiger partial charge on any atom is 0.275 e. The van der Waals surface area contributed by atoms with Gasteiger partial charge in [-0.3, -0.25) is 4.79 Å². The Morgan fingerprint density at radius 2 is 1.72 bits per heavy atom. The summed E-state index contributed by atoms with van der Waals surface area (Å²) in [6.45, 7) is 3.57. The molecule has 0 bridgehead atoms. The zero-order chi connectivity index (χ0) is 18.8. The molecule has 1 heterocycles. The lowest BCUT2D eigenvalue weighted by Crippen LogP contribution is -2.33. The summed E-state index contributed by atoms with van der Waals surface area (Å²) in [5.74, 6) is -0.539. The molecule has 0 fully saturated rings. The molecule has 0 spiro atoms. The van der Waals surface area contributed by atoms with Crippen molar-refractivity contribution in [3.05, 3.63) is 52.3 Å². The van der Waals surface area contributed by atoms with Gasteiger partial charge in [0.05, 0.1) is 9.92 Å². The molecule has 25 heavy (non-hydrogen) atoms. The number of carbonyl (C=O) groups is 1. The van der Waals surface area contributed by atoms with Crippen molar-refractivity contribution in [2.45, 2.75) is 24.8 Å². The highest BCUT2D eigenvalue weighted by Crippen LogP contribution is 2.21. The normalized spacial score (nSPS) is 11.8. The van der Waals surface area contributed by atoms with E-state index in [0.717, 1.165) is 0 Å². The molecular weight excluding hydrogens is 385 g/mol. The number of sulfonamides is 1. The average Bonchev–Trinajstić information content (AvgIpc) is 2.56. The van der Waals surface area contributed by atoms with Crippen molar-refractivity contribution in [3.8, 4) is 0 Å². The van der Waals surface area contributed by atoms with Gasteiger partial charge in [-0.2, -0.15) is 4.31 Å². The summed E-state index contributed by atoms with van der Waals surface area (Å²) < 4.78 is 26.1. The van der Waals surface area contributed by atoms with Crippen LogP contribution in [-0.2, 0) is 10.0 Å². The minimum Gasteiger partial charge on any atom is -0.321 e. The van der Waals surface area contributed by atoms with Gasteiger partial charge < -0.3 is 5.32 Å². The Kier molecular flexibility index (Phi) is 6.05. The van der Waals surface area contributed by atoms with Crippen molar-refractivity contribution >= 4 is 44.8 Å². The molecule has 134 valence electrons. The van der Waals surface area contributed by atoms with Crippen LogP contribution in [0, 0.1) is 0 Å². The van der Waals surface area contributed by atoms with Gasteiger partial charge in [-0.05, 0) is 50.2 Å². The minimum absolute atomic E-state index is 0.00888. The summed E-state index contributed by atoms with van der Waals surface area (Å²) in [6, 6.07) is 8.64. The maximum absolute atomic E-state index is 12.4. The summed E-state index contributed by atoms with van der Waals surface area (Å²) >= 11 is 11.7. The maximum atomic E-state index is 12.4. The molecule has 0 atom stereocenters. The number of rotatable bonds is 5. The third-order valence-corrected chi connectivity index (χ3v) is 6.11. The van der Waals surface area contributed by atoms with Crippen LogP contribution in [0.4, 0.5) is 5.69 Å². The van der Waals surface area contributed by atoms with Crippen LogP contribution in [0.2, 0.25) is 10.2 Å². The number of halogens is 2. The van der Waals surface area contributed by atoms with E-state index in [9.17, 15) is 13.2 Å². The molecule has 1 N–H and O–H groups in total. The molecule has 0 aliphatic rings. The first-order valence-corrected chi connectivity index (χ1v) is 9.54. The Morgan fingerprint density at radius 3 is 2.28 bits per heavy atom. The number of hydrogen-bond acceptors (Lipinski definition) is 4. The van der Waals surface area contributed by atoms with E-state index in [-0.39, 0.29) is 26.8 Å². The van der Waals surface area contributed by atoms with Crippen LogP contribution in [0.25, 0.3) is 0 Å². The average molecular weight is 402 g/mol. The van der Waals surface area contributed by atoms with Crippen LogP contribution in [0.15, 0.2) is 41.3 Å². The quantitative estimate of drug-likeness (QED) is 0.774. The summed E-state index contributed by atoms with van der Waals surface area (Å²) in [6.07, 6.45) is 0. The molecule has 9 heteroatoms. The van der Waals surface area contributed by atoms with Crippen molar-refractivity contribution in [1.29, 1.82) is 0 Å². The zero-order valence-electron chi connectivity index (χ0n) is 13.8. The Hall–Kier alpha value is -1.67. The zero-order valence-corrected chi connectivity index (χ0v) is 16.2. The predicted octanol–water partition coefficient (Wildman–Crippen LogP) is 3.67. The number of nitrogens with one attached hydrogen (secondary N) is 1. The predicted molar refractivity (Wildman–Crippen MR) is 98.7 cm³/mol. The molecule has 0 unspecified atom stereocenters. The van der Waals surface area contributed by atoms with Crippen molar-refractivity contribution in [2.75, 3.05) is 12.4 Å². The van der Waals surface area contributed by atoms with Gasteiger partial charge in [0, 0.05) is 18.8 Å². The van der Waals surface area contributed by atoms with Crippen molar-refractivity contribution in [1.82, 2.24) is 9.29 Å². The fourth-order valence-corrected chi connectivity index (χ4v) is 3.63. The SMILES string of the molecule is CC(C)N(C)S(=O)(=O)c1ccc(NC(=O)c2nc(Cl)ccc2Cl)cc1. The number of nitrogens with zero attached hydrogens (tertiary/aromatic N) is 2. The van der Waals surface area contributed by atoms with E-state index in [1.807, 2.05) is 0 Å². The largest absolute Gasteiger partial charge is 0.321 e. The van der Waals surface area contributed by atoms with Gasteiger partial charge in [0.25, 0.3) is 5.91 Å². The standard InChI is InChI=1S/C16H17Cl2N3O3S/c1-10(2)21(3)25(23,24)12-6-4-11(5-7-12)19-16(22)15-13(17)8-9-14(18)20-15/h4-10H,1-3H3,(H,19,22). The monoisotopic (exact) mass is 401 g/mol. The van der Waals surface area contributed by atoms with Gasteiger partial charge in [-0.15, -0.1) is 0 Å². The lowest BCUT2D eigenvalue weighted by molar-refractivity contribution is 0.102. The third-order valence-electron chi connectivity index (χ3n) is 3.54. The Balaban J connectivity index is 2.21. The molecule has 0 aliphatic heterocycles. The van der Waals surface area contributed by atoms with Gasteiger partial charge in [0.2, 0.25) is 10.0 Å². The molecule has 2 aromatic rings. The topological polar surface area (TPSA) is 79.4 Å². The van der Waals surface area contributed by atoms with E-state index in [4.69, 9.17) is 23.2 Å². The first-order chi connectivity index (χ1) is 11.6. The first-order valence-electron chi connectivity index (χ1n) is 7.34. The highest BCUT2D eigenvalue weighted by atomic mass is 35.5. The molecule has 6 nitrogen and oxygen atoms in total. The van der Waals surface area contributed by atoms with Crippen LogP contribution in [-0.4, -0.2) is 36.7 Å². The van der Waals surface area contributed by atoms with Crippen LogP contribution in [0.5, 0.6) is 0 Å². The molecule has 0 saturated carbocycles. The number of aromatic nitrogens is 1. The highest BCUT2D eigenvalue weighted by molar-refractivity contribution is 7.89. The molecular formula is C16H17Cl2N3O3S. The fourth-order valence-electron chi connectivity index (χ4n) is 1.92. The van der Waals surface area contributed by atoms with Gasteiger partial charge in [-0.25, -0.2) is 13.4 Å². The van der Waals surface area contributed by atoms with E-state index < -0.39 is 15.9 Å². The van der Waals surface area contributed by atoms with Crippen molar-refractivity contribution in [3.63, 3.8) is 0 Å². The van der Waals surface area contributed by atoms with Gasteiger partial charge in [0.15, 0.2) is 0 Å². The number of carbonyl (C=O) groups excluding carboxylic acids is 1. The second-order valence-corrected chi connectivity index (χ2v) is 8.35. The molecule has 0 radical (unpaired) electrons. The van der Waals surface area contributed by atoms with Crippen LogP contribution >= 0.6 is 23.2 Å². The Labute approximate surface area is 156 Å². The number of benzene rings is 1. The van der Waals surface area contributed by atoms with Crippen molar-refractivity contribution < 1.29 is 13.2 Å². The van der Waals surface area contributed by atoms with Crippen molar-refractivity contribution in [2.24, 2.45) is 0 Å². The molecule has 0 saturated heterocycles. The first kappa shape index (κ1) is 19.7. The van der Waals surface area contributed by atoms with E-state index in [2.05, 4.69) is 10.3 Å². The molecule has 1 aromatic carbocycles. The molecule has 1 amide bonds. The number of pyridine rings is 1. The lowest BCUT2D eigenvalue weighted by Gasteiger charge is -2.21. The number of amides is 1. The van der Waals surface area contributed by atoms with E-state index in [0.29, 0.717) is 5.69 Å².